The summed E-state index contributed by atoms with van der Waals surface area (Å²) in [6, 6.07) is 3.98. The monoisotopic (exact) mass is 282 g/mol. The Bertz CT molecular complexity index is 386. The van der Waals surface area contributed by atoms with Crippen LogP contribution in [0, 0.1) is 0 Å². The average molecular weight is 282 g/mol. The van der Waals surface area contributed by atoms with Crippen LogP contribution in [0.4, 0.5) is 0 Å². The molecule has 1 aromatic rings. The fraction of sp³-hybridized carbons (Fsp3) is 0.643. The smallest absolute Gasteiger partial charge is 0.224 e. The van der Waals surface area contributed by atoms with Crippen molar-refractivity contribution < 1.29 is 9.53 Å². The van der Waals surface area contributed by atoms with Crippen LogP contribution in [-0.2, 0) is 16.1 Å². The van der Waals surface area contributed by atoms with E-state index in [1.54, 1.807) is 11.3 Å². The molecule has 2 rings (SSSR count). The summed E-state index contributed by atoms with van der Waals surface area (Å²) in [5, 5.41) is 2.04. The highest BCUT2D eigenvalue weighted by Gasteiger charge is 2.23. The number of nitrogens with zero attached hydrogens (tertiary/aromatic N) is 1. The molecular formula is C14H22N2O2S. The number of ether oxygens (including phenoxy) is 1. The summed E-state index contributed by atoms with van der Waals surface area (Å²) in [7, 11) is 0. The molecule has 1 saturated heterocycles. The van der Waals surface area contributed by atoms with Gasteiger partial charge in [0.25, 0.3) is 0 Å². The Labute approximate surface area is 118 Å². The number of amides is 1. The maximum absolute atomic E-state index is 12.3. The zero-order chi connectivity index (χ0) is 13.7. The van der Waals surface area contributed by atoms with Crippen molar-refractivity contribution in [3.05, 3.63) is 22.4 Å². The van der Waals surface area contributed by atoms with Crippen molar-refractivity contribution in [2.45, 2.75) is 44.9 Å². The van der Waals surface area contributed by atoms with Crippen LogP contribution in [0.3, 0.4) is 0 Å². The molecule has 2 heterocycles. The first-order chi connectivity index (χ1) is 9.15. The second-order valence-electron chi connectivity index (χ2n) is 5.17. The molecule has 1 aliphatic heterocycles. The minimum atomic E-state index is -0.0946. The summed E-state index contributed by atoms with van der Waals surface area (Å²) in [5.74, 6) is 0.124. The van der Waals surface area contributed by atoms with Crippen LogP contribution >= 0.6 is 11.3 Å². The summed E-state index contributed by atoms with van der Waals surface area (Å²) in [5.41, 5.74) is 5.74. The van der Waals surface area contributed by atoms with Gasteiger partial charge in [0.05, 0.1) is 12.6 Å². The van der Waals surface area contributed by atoms with Gasteiger partial charge < -0.3 is 15.4 Å². The molecule has 4 nitrogen and oxygen atoms in total. The molecule has 1 aromatic heterocycles. The fourth-order valence-electron chi connectivity index (χ4n) is 2.28. The highest BCUT2D eigenvalue weighted by Crippen LogP contribution is 2.18. The van der Waals surface area contributed by atoms with Crippen LogP contribution < -0.4 is 5.73 Å². The van der Waals surface area contributed by atoms with E-state index in [1.165, 1.54) is 4.88 Å². The number of hydrogen-bond acceptors (Lipinski definition) is 4. The Hall–Kier alpha value is -0.910. The number of hydrogen-bond donors (Lipinski definition) is 1. The van der Waals surface area contributed by atoms with Gasteiger partial charge in [0.1, 0.15) is 0 Å². The van der Waals surface area contributed by atoms with E-state index in [-0.39, 0.29) is 18.1 Å². The number of nitrogens with two attached hydrogens (primary N) is 1. The molecule has 0 aliphatic carbocycles. The van der Waals surface area contributed by atoms with Crippen molar-refractivity contribution in [3.8, 4) is 0 Å². The second kappa shape index (κ2) is 7.03. The van der Waals surface area contributed by atoms with Crippen LogP contribution in [0.1, 0.15) is 31.1 Å². The molecule has 0 bridgehead atoms. The SMILES string of the molecule is CC(N)CC(=O)N(Cc1cccs1)CC1CCCO1. The zero-order valence-corrected chi connectivity index (χ0v) is 12.2. The van der Waals surface area contributed by atoms with E-state index in [2.05, 4.69) is 6.07 Å². The Balaban J connectivity index is 1.96. The third-order valence-electron chi connectivity index (χ3n) is 3.22. The molecule has 0 radical (unpaired) electrons. The lowest BCUT2D eigenvalue weighted by molar-refractivity contribution is -0.133. The van der Waals surface area contributed by atoms with Gasteiger partial charge in [-0.1, -0.05) is 6.07 Å². The summed E-state index contributed by atoms with van der Waals surface area (Å²) in [6.07, 6.45) is 2.74. The average Bonchev–Trinajstić information content (AvgIpc) is 2.99. The van der Waals surface area contributed by atoms with Gasteiger partial charge in [-0.25, -0.2) is 0 Å². The lowest BCUT2D eigenvalue weighted by Gasteiger charge is -2.25. The Kier molecular flexibility index (Phi) is 5.36. The van der Waals surface area contributed by atoms with Gasteiger partial charge in [-0.15, -0.1) is 11.3 Å². The highest BCUT2D eigenvalue weighted by molar-refractivity contribution is 7.09. The summed E-state index contributed by atoms with van der Waals surface area (Å²) in [4.78, 5) is 15.4. The normalized spacial score (nSPS) is 20.4. The number of carbonyl (C=O) groups excluding carboxylic acids is 1. The lowest BCUT2D eigenvalue weighted by Crippen LogP contribution is -2.39. The molecule has 2 unspecified atom stereocenters. The third-order valence-corrected chi connectivity index (χ3v) is 4.09. The first-order valence-corrected chi connectivity index (χ1v) is 7.70. The van der Waals surface area contributed by atoms with Crippen molar-refractivity contribution in [1.82, 2.24) is 4.90 Å². The molecule has 1 amide bonds. The molecular weight excluding hydrogens is 260 g/mol. The third kappa shape index (κ3) is 4.60. The van der Waals surface area contributed by atoms with Gasteiger partial charge in [-0.05, 0) is 31.2 Å². The molecule has 0 spiro atoms. The van der Waals surface area contributed by atoms with E-state index in [1.807, 2.05) is 23.3 Å². The first kappa shape index (κ1) is 14.5. The van der Waals surface area contributed by atoms with Crippen molar-refractivity contribution in [2.75, 3.05) is 13.2 Å². The van der Waals surface area contributed by atoms with E-state index in [4.69, 9.17) is 10.5 Å². The summed E-state index contributed by atoms with van der Waals surface area (Å²) >= 11 is 1.68. The van der Waals surface area contributed by atoms with Gasteiger partial charge in [0.2, 0.25) is 5.91 Å². The number of thiophene rings is 1. The van der Waals surface area contributed by atoms with Crippen LogP contribution in [0.5, 0.6) is 0 Å². The molecule has 5 heteroatoms. The minimum Gasteiger partial charge on any atom is -0.376 e. The molecule has 0 aromatic carbocycles. The predicted octanol–water partition coefficient (Wildman–Crippen LogP) is 1.99. The highest BCUT2D eigenvalue weighted by atomic mass is 32.1. The van der Waals surface area contributed by atoms with Crippen molar-refractivity contribution in [2.24, 2.45) is 5.73 Å². The second-order valence-corrected chi connectivity index (χ2v) is 6.20. The van der Waals surface area contributed by atoms with Gasteiger partial charge in [0, 0.05) is 30.5 Å². The van der Waals surface area contributed by atoms with Gasteiger partial charge in [-0.3, -0.25) is 4.79 Å². The van der Waals surface area contributed by atoms with Gasteiger partial charge in [-0.2, -0.15) is 0 Å². The van der Waals surface area contributed by atoms with Gasteiger partial charge in [0.15, 0.2) is 0 Å². The largest absolute Gasteiger partial charge is 0.376 e. The molecule has 1 aliphatic rings. The molecule has 19 heavy (non-hydrogen) atoms. The molecule has 0 saturated carbocycles. The van der Waals surface area contributed by atoms with Crippen molar-refractivity contribution in [3.63, 3.8) is 0 Å². The molecule has 106 valence electrons. The molecule has 2 atom stereocenters. The van der Waals surface area contributed by atoms with Crippen molar-refractivity contribution in [1.29, 1.82) is 0 Å². The Morgan fingerprint density at radius 3 is 3.11 bits per heavy atom. The van der Waals surface area contributed by atoms with Crippen LogP contribution in [0.2, 0.25) is 0 Å². The quantitative estimate of drug-likeness (QED) is 0.868. The first-order valence-electron chi connectivity index (χ1n) is 6.82. The van der Waals surface area contributed by atoms with E-state index in [0.29, 0.717) is 19.5 Å². The Morgan fingerprint density at radius 1 is 1.68 bits per heavy atom. The van der Waals surface area contributed by atoms with Crippen LogP contribution in [-0.4, -0.2) is 36.1 Å². The maximum Gasteiger partial charge on any atom is 0.224 e. The van der Waals surface area contributed by atoms with E-state index in [9.17, 15) is 4.79 Å². The van der Waals surface area contributed by atoms with E-state index in [0.717, 1.165) is 19.4 Å². The number of carbonyl (C=O) groups is 1. The van der Waals surface area contributed by atoms with Crippen molar-refractivity contribution >= 4 is 17.2 Å². The summed E-state index contributed by atoms with van der Waals surface area (Å²) in [6.45, 7) is 4.04. The van der Waals surface area contributed by atoms with Crippen LogP contribution in [0.25, 0.3) is 0 Å². The van der Waals surface area contributed by atoms with E-state index >= 15 is 0 Å². The predicted molar refractivity (Wildman–Crippen MR) is 77.0 cm³/mol. The zero-order valence-electron chi connectivity index (χ0n) is 11.4. The minimum absolute atomic E-state index is 0.0946. The Morgan fingerprint density at radius 2 is 2.53 bits per heavy atom. The number of rotatable bonds is 6. The van der Waals surface area contributed by atoms with Crippen LogP contribution in [0.15, 0.2) is 17.5 Å². The molecule has 1 fully saturated rings. The maximum atomic E-state index is 12.3. The molecule has 2 N–H and O–H groups in total. The lowest BCUT2D eigenvalue weighted by atomic mass is 10.2. The topological polar surface area (TPSA) is 55.6 Å². The standard InChI is InChI=1S/C14H22N2O2S/c1-11(15)8-14(17)16(9-12-4-2-6-18-12)10-13-5-3-7-19-13/h3,5,7,11-12H,2,4,6,8-10,15H2,1H3. The van der Waals surface area contributed by atoms with E-state index < -0.39 is 0 Å². The van der Waals surface area contributed by atoms with Gasteiger partial charge >= 0.3 is 0 Å². The summed E-state index contributed by atoms with van der Waals surface area (Å²) < 4.78 is 5.64. The fourth-order valence-corrected chi connectivity index (χ4v) is 3.00.